The quantitative estimate of drug-likeness (QED) is 0.892. The Bertz CT molecular complexity index is 620. The summed E-state index contributed by atoms with van der Waals surface area (Å²) in [5.41, 5.74) is 1.48. The number of carbonyl (C=O) groups is 1. The van der Waals surface area contributed by atoms with Crippen LogP contribution in [0.5, 0.6) is 0 Å². The van der Waals surface area contributed by atoms with Crippen molar-refractivity contribution < 1.29 is 9.21 Å². The highest BCUT2D eigenvalue weighted by molar-refractivity contribution is 7.13. The number of halogens is 2. The van der Waals surface area contributed by atoms with Crippen LogP contribution in [-0.4, -0.2) is 42.0 Å². The van der Waals surface area contributed by atoms with Crippen molar-refractivity contribution in [1.29, 1.82) is 0 Å². The van der Waals surface area contributed by atoms with Gasteiger partial charge in [-0.25, -0.2) is 4.98 Å². The Balaban J connectivity index is 0.000000882. The zero-order chi connectivity index (χ0) is 13.5. The topological polar surface area (TPSA) is 58.4 Å². The Hall–Kier alpha value is -1.08. The van der Waals surface area contributed by atoms with Gasteiger partial charge >= 0.3 is 0 Å². The molecule has 2 aromatic heterocycles. The molecule has 5 nitrogen and oxygen atoms in total. The molecule has 1 amide bonds. The summed E-state index contributed by atoms with van der Waals surface area (Å²) in [4.78, 5) is 18.9. The van der Waals surface area contributed by atoms with Crippen LogP contribution in [0.25, 0.3) is 10.6 Å². The van der Waals surface area contributed by atoms with Crippen molar-refractivity contribution in [1.82, 2.24) is 15.2 Å². The van der Waals surface area contributed by atoms with Crippen LogP contribution in [0.3, 0.4) is 0 Å². The van der Waals surface area contributed by atoms with Gasteiger partial charge in [0.1, 0.15) is 17.0 Å². The molecule has 2 saturated heterocycles. The molecule has 22 heavy (non-hydrogen) atoms. The van der Waals surface area contributed by atoms with E-state index in [4.69, 9.17) is 4.42 Å². The fourth-order valence-electron chi connectivity index (χ4n) is 3.07. The van der Waals surface area contributed by atoms with E-state index in [0.29, 0.717) is 17.5 Å². The summed E-state index contributed by atoms with van der Waals surface area (Å²) in [6.45, 7) is 3.78. The second-order valence-electron chi connectivity index (χ2n) is 5.44. The van der Waals surface area contributed by atoms with Crippen molar-refractivity contribution in [3.05, 3.63) is 29.7 Å². The number of likely N-dealkylation sites (tertiary alicyclic amines) is 1. The van der Waals surface area contributed by atoms with Crippen LogP contribution in [0.2, 0.25) is 0 Å². The van der Waals surface area contributed by atoms with Gasteiger partial charge in [-0.05, 0) is 17.9 Å². The molecule has 0 bridgehead atoms. The number of thiazole rings is 1. The van der Waals surface area contributed by atoms with Gasteiger partial charge in [-0.2, -0.15) is 0 Å². The predicted octanol–water partition coefficient (Wildman–Crippen LogP) is 2.54. The Morgan fingerprint density at radius 3 is 2.68 bits per heavy atom. The van der Waals surface area contributed by atoms with Crippen LogP contribution in [0, 0.1) is 11.8 Å². The van der Waals surface area contributed by atoms with Crippen LogP contribution >= 0.6 is 36.2 Å². The van der Waals surface area contributed by atoms with Gasteiger partial charge in [0.2, 0.25) is 0 Å². The normalized spacial score (nSPS) is 22.8. The fourth-order valence-corrected chi connectivity index (χ4v) is 3.85. The summed E-state index contributed by atoms with van der Waals surface area (Å²) < 4.78 is 5.05. The molecule has 4 rings (SSSR count). The van der Waals surface area contributed by atoms with Crippen LogP contribution in [0.4, 0.5) is 0 Å². The zero-order valence-electron chi connectivity index (χ0n) is 11.7. The first-order valence-electron chi connectivity index (χ1n) is 6.79. The van der Waals surface area contributed by atoms with Crippen LogP contribution in [0.15, 0.2) is 28.4 Å². The predicted molar refractivity (Wildman–Crippen MR) is 90.1 cm³/mol. The molecule has 2 fully saturated rings. The first kappa shape index (κ1) is 17.3. The summed E-state index contributed by atoms with van der Waals surface area (Å²) in [6.07, 6.45) is 3.27. The third kappa shape index (κ3) is 3.01. The number of nitrogens with zero attached hydrogens (tertiary/aromatic N) is 2. The number of rotatable bonds is 2. The Kier molecular flexibility index (Phi) is 5.50. The largest absolute Gasteiger partial charge is 0.472 e. The van der Waals surface area contributed by atoms with E-state index in [1.54, 1.807) is 12.5 Å². The molecule has 4 heterocycles. The summed E-state index contributed by atoms with van der Waals surface area (Å²) in [6, 6.07) is 1.86. The molecule has 0 aliphatic carbocycles. The lowest BCUT2D eigenvalue weighted by atomic mass is 10.0. The molecule has 2 aliphatic rings. The van der Waals surface area contributed by atoms with E-state index in [9.17, 15) is 4.79 Å². The number of hydrogen-bond acceptors (Lipinski definition) is 5. The molecule has 8 heteroatoms. The van der Waals surface area contributed by atoms with Crippen molar-refractivity contribution in [3.8, 4) is 10.6 Å². The molecule has 120 valence electrons. The van der Waals surface area contributed by atoms with Crippen molar-refractivity contribution >= 4 is 42.1 Å². The Morgan fingerprint density at radius 1 is 1.32 bits per heavy atom. The van der Waals surface area contributed by atoms with Gasteiger partial charge in [0.15, 0.2) is 0 Å². The number of hydrogen-bond donors (Lipinski definition) is 1. The van der Waals surface area contributed by atoms with Gasteiger partial charge in [-0.15, -0.1) is 36.2 Å². The molecule has 0 spiro atoms. The third-order valence-electron chi connectivity index (χ3n) is 4.17. The highest BCUT2D eigenvalue weighted by atomic mass is 35.5. The minimum Gasteiger partial charge on any atom is -0.472 e. The van der Waals surface area contributed by atoms with E-state index in [-0.39, 0.29) is 30.7 Å². The first-order valence-corrected chi connectivity index (χ1v) is 7.67. The van der Waals surface area contributed by atoms with E-state index in [2.05, 4.69) is 10.3 Å². The molecule has 2 aliphatic heterocycles. The SMILES string of the molecule is Cl.Cl.O=C(c1csc(-c2ccoc2)n1)N1C[C@H]2CNC[C@H]2C1. The number of aromatic nitrogens is 1. The van der Waals surface area contributed by atoms with Gasteiger partial charge in [0.05, 0.1) is 6.26 Å². The number of amides is 1. The highest BCUT2D eigenvalue weighted by Crippen LogP contribution is 2.29. The molecule has 2 aromatic rings. The number of nitrogens with one attached hydrogen (secondary N) is 1. The number of carbonyl (C=O) groups excluding carboxylic acids is 1. The first-order chi connectivity index (χ1) is 9.81. The lowest BCUT2D eigenvalue weighted by molar-refractivity contribution is 0.0777. The second-order valence-corrected chi connectivity index (χ2v) is 6.30. The molecule has 0 unspecified atom stereocenters. The van der Waals surface area contributed by atoms with Gasteiger partial charge in [0.25, 0.3) is 5.91 Å². The second kappa shape index (κ2) is 7.00. The van der Waals surface area contributed by atoms with Crippen LogP contribution in [0.1, 0.15) is 10.5 Å². The lowest BCUT2D eigenvalue weighted by Gasteiger charge is -2.15. The number of furan rings is 1. The molecule has 0 saturated carbocycles. The van der Waals surface area contributed by atoms with E-state index < -0.39 is 0 Å². The summed E-state index contributed by atoms with van der Waals surface area (Å²) in [7, 11) is 0. The monoisotopic (exact) mass is 361 g/mol. The Labute approximate surface area is 144 Å². The zero-order valence-corrected chi connectivity index (χ0v) is 14.2. The van der Waals surface area contributed by atoms with Crippen molar-refractivity contribution in [2.45, 2.75) is 0 Å². The van der Waals surface area contributed by atoms with E-state index in [1.165, 1.54) is 11.3 Å². The molecular formula is C14H17Cl2N3O2S. The maximum atomic E-state index is 12.5. The van der Waals surface area contributed by atoms with E-state index in [0.717, 1.165) is 36.8 Å². The van der Waals surface area contributed by atoms with Gasteiger partial charge in [0, 0.05) is 37.1 Å². The van der Waals surface area contributed by atoms with Crippen molar-refractivity contribution in [3.63, 3.8) is 0 Å². The van der Waals surface area contributed by atoms with Crippen LogP contribution in [-0.2, 0) is 0 Å². The third-order valence-corrected chi connectivity index (χ3v) is 5.06. The maximum Gasteiger partial charge on any atom is 0.273 e. The van der Waals surface area contributed by atoms with Crippen LogP contribution < -0.4 is 5.32 Å². The average Bonchev–Trinajstić information content (AvgIpc) is 3.19. The Morgan fingerprint density at radius 2 is 2.05 bits per heavy atom. The molecular weight excluding hydrogens is 345 g/mol. The molecule has 2 atom stereocenters. The van der Waals surface area contributed by atoms with Gasteiger partial charge < -0.3 is 14.6 Å². The number of fused-ring (bicyclic) bond motifs is 1. The lowest BCUT2D eigenvalue weighted by Crippen LogP contribution is -2.32. The van der Waals surface area contributed by atoms with Gasteiger partial charge in [-0.3, -0.25) is 4.79 Å². The summed E-state index contributed by atoms with van der Waals surface area (Å²) in [5, 5.41) is 6.06. The smallest absolute Gasteiger partial charge is 0.273 e. The summed E-state index contributed by atoms with van der Waals surface area (Å²) >= 11 is 1.48. The van der Waals surface area contributed by atoms with Crippen molar-refractivity contribution in [2.24, 2.45) is 11.8 Å². The maximum absolute atomic E-state index is 12.5. The minimum atomic E-state index is 0. The molecule has 1 N–H and O–H groups in total. The minimum absolute atomic E-state index is 0. The summed E-state index contributed by atoms with van der Waals surface area (Å²) in [5.74, 6) is 1.29. The highest BCUT2D eigenvalue weighted by Gasteiger charge is 2.38. The van der Waals surface area contributed by atoms with E-state index >= 15 is 0 Å². The fraction of sp³-hybridized carbons (Fsp3) is 0.429. The van der Waals surface area contributed by atoms with Gasteiger partial charge in [-0.1, -0.05) is 0 Å². The molecule has 0 aromatic carbocycles. The molecule has 0 radical (unpaired) electrons. The standard InChI is InChI=1S/C14H15N3O2S.2ClH/c18-14(17-5-10-3-15-4-11(10)6-17)12-8-20-13(16-12)9-1-2-19-7-9;;/h1-2,7-8,10-11,15H,3-6H2;2*1H/t10-,11+;;. The van der Waals surface area contributed by atoms with E-state index in [1.807, 2.05) is 16.3 Å². The van der Waals surface area contributed by atoms with Crippen molar-refractivity contribution in [2.75, 3.05) is 26.2 Å². The average molecular weight is 362 g/mol.